The highest BCUT2D eigenvalue weighted by molar-refractivity contribution is 7.92. The monoisotopic (exact) mass is 385 g/mol. The first kappa shape index (κ1) is 17.7. The van der Waals surface area contributed by atoms with Gasteiger partial charge in [0.25, 0.3) is 0 Å². The zero-order valence-corrected chi connectivity index (χ0v) is 15.0. The number of benzene rings is 2. The van der Waals surface area contributed by atoms with Gasteiger partial charge in [0, 0.05) is 27.9 Å². The molecule has 3 N–H and O–H groups in total. The molecule has 0 saturated heterocycles. The van der Waals surface area contributed by atoms with Crippen LogP contribution in [-0.2, 0) is 9.84 Å². The molecule has 0 spiro atoms. The molecule has 0 amide bonds. The highest BCUT2D eigenvalue weighted by Crippen LogP contribution is 2.63. The Morgan fingerprint density at radius 2 is 1.50 bits per heavy atom. The highest BCUT2D eigenvalue weighted by atomic mass is 35.5. The molecule has 1 fully saturated rings. The predicted molar refractivity (Wildman–Crippen MR) is 95.2 cm³/mol. The van der Waals surface area contributed by atoms with Crippen LogP contribution in [0.1, 0.15) is 11.5 Å². The molecule has 0 radical (unpaired) electrons. The number of sulfone groups is 1. The molecule has 0 unspecified atom stereocenters. The van der Waals surface area contributed by atoms with Crippen molar-refractivity contribution in [3.8, 4) is 0 Å². The summed E-state index contributed by atoms with van der Waals surface area (Å²) in [6.07, 6.45) is 0. The second-order valence-corrected chi connectivity index (χ2v) is 8.99. The molecular weight excluding hydrogens is 369 g/mol. The van der Waals surface area contributed by atoms with Gasteiger partial charge >= 0.3 is 0 Å². The number of nitrogens with two attached hydrogens (primary N) is 1. The summed E-state index contributed by atoms with van der Waals surface area (Å²) in [6.45, 7) is -0.220. The summed E-state index contributed by atoms with van der Waals surface area (Å²) in [5, 5.41) is 10.1. The lowest BCUT2D eigenvalue weighted by Crippen LogP contribution is -2.27. The Labute approximate surface area is 151 Å². The van der Waals surface area contributed by atoms with Gasteiger partial charge in [-0.25, -0.2) is 8.42 Å². The molecule has 1 aliphatic carbocycles. The topological polar surface area (TPSA) is 80.4 Å². The molecule has 3 rings (SSSR count). The summed E-state index contributed by atoms with van der Waals surface area (Å²) in [4.78, 5) is 0.180. The average molecular weight is 386 g/mol. The van der Waals surface area contributed by atoms with Crippen LogP contribution in [0.25, 0.3) is 0 Å². The minimum absolute atomic E-state index is 0.0777. The lowest BCUT2D eigenvalue weighted by Gasteiger charge is -2.12. The number of aliphatic hydroxyl groups is 1. The smallest absolute Gasteiger partial charge is 0.182 e. The normalized spacial score (nSPS) is 26.3. The maximum Gasteiger partial charge on any atom is 0.182 e. The van der Waals surface area contributed by atoms with Crippen LogP contribution in [0.15, 0.2) is 53.4 Å². The molecule has 0 heterocycles. The quantitative estimate of drug-likeness (QED) is 0.828. The molecule has 1 saturated carbocycles. The van der Waals surface area contributed by atoms with Crippen molar-refractivity contribution >= 4 is 33.0 Å². The van der Waals surface area contributed by atoms with Crippen LogP contribution in [-0.4, -0.2) is 31.9 Å². The van der Waals surface area contributed by atoms with Crippen LogP contribution in [0.3, 0.4) is 0 Å². The predicted octanol–water partition coefficient (Wildman–Crippen LogP) is 2.87. The molecule has 7 heteroatoms. The van der Waals surface area contributed by atoms with E-state index >= 15 is 0 Å². The first-order valence-corrected chi connectivity index (χ1v) is 9.73. The molecule has 0 aromatic heterocycles. The van der Waals surface area contributed by atoms with Crippen molar-refractivity contribution in [3.05, 3.63) is 64.1 Å². The third kappa shape index (κ3) is 2.74. The van der Waals surface area contributed by atoms with E-state index in [9.17, 15) is 13.5 Å². The lowest BCUT2D eigenvalue weighted by atomic mass is 10.0. The fourth-order valence-corrected chi connectivity index (χ4v) is 6.09. The third-order valence-electron chi connectivity index (χ3n) is 4.76. The summed E-state index contributed by atoms with van der Waals surface area (Å²) < 4.78 is 26.1. The summed E-state index contributed by atoms with van der Waals surface area (Å²) in [5.74, 6) is -0.370. The van der Waals surface area contributed by atoms with E-state index in [0.717, 1.165) is 5.56 Å². The van der Waals surface area contributed by atoms with E-state index in [4.69, 9.17) is 28.9 Å². The Bertz CT molecular complexity index is 831. The molecule has 0 aliphatic heterocycles. The van der Waals surface area contributed by atoms with Crippen molar-refractivity contribution in [2.45, 2.75) is 16.1 Å². The molecule has 2 aromatic rings. The van der Waals surface area contributed by atoms with E-state index in [-0.39, 0.29) is 24.0 Å². The van der Waals surface area contributed by atoms with Gasteiger partial charge in [0.05, 0.1) is 16.8 Å². The van der Waals surface area contributed by atoms with Gasteiger partial charge in [0.15, 0.2) is 9.84 Å². The van der Waals surface area contributed by atoms with E-state index in [1.165, 1.54) is 24.3 Å². The Hall–Kier alpha value is -1.11. The number of hydrogen-bond acceptors (Lipinski definition) is 4. The van der Waals surface area contributed by atoms with Crippen LogP contribution >= 0.6 is 23.2 Å². The van der Waals surface area contributed by atoms with E-state index in [0.29, 0.717) is 10.0 Å². The number of rotatable bonds is 5. The Kier molecular flexibility index (Phi) is 4.66. The van der Waals surface area contributed by atoms with Crippen molar-refractivity contribution in [3.63, 3.8) is 0 Å². The molecule has 0 bridgehead atoms. The van der Waals surface area contributed by atoms with Gasteiger partial charge in [-0.2, -0.15) is 0 Å². The van der Waals surface area contributed by atoms with Gasteiger partial charge in [-0.05, 0) is 42.0 Å². The maximum absolute atomic E-state index is 13.1. The molecule has 3 atom stereocenters. The molecular formula is C17H17Cl2NO3S. The van der Waals surface area contributed by atoms with Gasteiger partial charge in [-0.15, -0.1) is 0 Å². The maximum atomic E-state index is 13.1. The van der Waals surface area contributed by atoms with Crippen LogP contribution in [0.2, 0.25) is 10.0 Å². The molecule has 4 nitrogen and oxygen atoms in total. The second kappa shape index (κ2) is 6.32. The fourth-order valence-electron chi connectivity index (χ4n) is 3.39. The first-order chi connectivity index (χ1) is 11.4. The fraction of sp³-hybridized carbons (Fsp3) is 0.294. The summed E-state index contributed by atoms with van der Waals surface area (Å²) >= 11 is 11.7. The number of aliphatic hydroxyl groups excluding tert-OH is 1. The van der Waals surface area contributed by atoms with E-state index < -0.39 is 20.5 Å². The standard InChI is InChI=1S/C17H17Cl2NO3S/c18-12-3-1-11(2-4-12)15-16(17(15,9-20)10-21)24(22,23)14-7-5-13(19)6-8-14/h1-8,15-16,21H,9-10,20H2/t15-,16+,17+/m1/s1. The van der Waals surface area contributed by atoms with Crippen LogP contribution < -0.4 is 5.73 Å². The van der Waals surface area contributed by atoms with E-state index in [1.807, 2.05) is 0 Å². The van der Waals surface area contributed by atoms with E-state index in [1.54, 1.807) is 24.3 Å². The van der Waals surface area contributed by atoms with Crippen LogP contribution in [0.4, 0.5) is 0 Å². The summed E-state index contributed by atoms with van der Waals surface area (Å²) in [6, 6.07) is 13.0. The van der Waals surface area contributed by atoms with E-state index in [2.05, 4.69) is 0 Å². The van der Waals surface area contributed by atoms with Crippen molar-refractivity contribution in [1.82, 2.24) is 0 Å². The summed E-state index contributed by atoms with van der Waals surface area (Å²) in [5.41, 5.74) is 5.78. The molecule has 1 aliphatic rings. The third-order valence-corrected chi connectivity index (χ3v) is 7.60. The second-order valence-electron chi connectivity index (χ2n) is 6.04. The highest BCUT2D eigenvalue weighted by Gasteiger charge is 2.70. The van der Waals surface area contributed by atoms with Gasteiger partial charge in [0.2, 0.25) is 0 Å². The SMILES string of the molecule is NC[C@]1(CO)[C@H](c2ccc(Cl)cc2)[C@@H]1S(=O)(=O)c1ccc(Cl)cc1. The number of hydrogen-bond donors (Lipinski definition) is 2. The van der Waals surface area contributed by atoms with Gasteiger partial charge in [-0.1, -0.05) is 35.3 Å². The van der Waals surface area contributed by atoms with Crippen molar-refractivity contribution in [2.75, 3.05) is 13.2 Å². The van der Waals surface area contributed by atoms with Crippen molar-refractivity contribution < 1.29 is 13.5 Å². The van der Waals surface area contributed by atoms with Gasteiger partial charge < -0.3 is 10.8 Å². The Balaban J connectivity index is 2.04. The first-order valence-electron chi connectivity index (χ1n) is 7.42. The zero-order chi connectivity index (χ0) is 17.5. The summed E-state index contributed by atoms with van der Waals surface area (Å²) in [7, 11) is -3.65. The minimum Gasteiger partial charge on any atom is -0.396 e. The largest absolute Gasteiger partial charge is 0.396 e. The average Bonchev–Trinajstić information content (AvgIpc) is 3.26. The Morgan fingerprint density at radius 3 is 1.96 bits per heavy atom. The molecule has 128 valence electrons. The van der Waals surface area contributed by atoms with Crippen molar-refractivity contribution in [1.29, 1.82) is 0 Å². The molecule has 24 heavy (non-hydrogen) atoms. The van der Waals surface area contributed by atoms with Crippen LogP contribution in [0.5, 0.6) is 0 Å². The van der Waals surface area contributed by atoms with Crippen LogP contribution in [0, 0.1) is 5.41 Å². The Morgan fingerprint density at radius 1 is 1.00 bits per heavy atom. The zero-order valence-electron chi connectivity index (χ0n) is 12.7. The van der Waals surface area contributed by atoms with Crippen molar-refractivity contribution in [2.24, 2.45) is 11.1 Å². The number of halogens is 2. The van der Waals surface area contributed by atoms with Gasteiger partial charge in [0.1, 0.15) is 0 Å². The minimum atomic E-state index is -3.65. The molecule has 2 aromatic carbocycles. The van der Waals surface area contributed by atoms with Gasteiger partial charge in [-0.3, -0.25) is 0 Å². The lowest BCUT2D eigenvalue weighted by molar-refractivity contribution is 0.212.